The number of carbonyl (C=O) groups excluding carboxylic acids is 1. The molecule has 0 amide bonds. The highest BCUT2D eigenvalue weighted by molar-refractivity contribution is 6.01. The van der Waals surface area contributed by atoms with Gasteiger partial charge >= 0.3 is 0 Å². The highest BCUT2D eigenvalue weighted by atomic mass is 19.1. The predicted molar refractivity (Wildman–Crippen MR) is 83.1 cm³/mol. The smallest absolute Gasteiger partial charge is 0.167 e. The Bertz CT molecular complexity index is 909. The molecule has 22 heavy (non-hydrogen) atoms. The fourth-order valence-corrected chi connectivity index (χ4v) is 2.48. The van der Waals surface area contributed by atoms with Crippen LogP contribution in [0, 0.1) is 17.1 Å². The van der Waals surface area contributed by atoms with Gasteiger partial charge in [0, 0.05) is 12.0 Å². The molecule has 3 rings (SSSR count). The van der Waals surface area contributed by atoms with E-state index in [-0.39, 0.29) is 17.8 Å². The lowest BCUT2D eigenvalue weighted by molar-refractivity contribution is 0.0993. The number of nitrogens with zero attached hydrogens (tertiary/aromatic N) is 1. The number of benzene rings is 3. The highest BCUT2D eigenvalue weighted by Crippen LogP contribution is 2.19. The molecule has 106 valence electrons. The summed E-state index contributed by atoms with van der Waals surface area (Å²) < 4.78 is 13.6. The Morgan fingerprint density at radius 1 is 1.00 bits per heavy atom. The summed E-state index contributed by atoms with van der Waals surface area (Å²) in [7, 11) is 0. The number of rotatable bonds is 3. The van der Waals surface area contributed by atoms with Crippen molar-refractivity contribution in [1.29, 1.82) is 5.26 Å². The SMILES string of the molecule is N#Cc1c(F)cccc1CC(=O)c1ccc2ccccc2c1. The maximum Gasteiger partial charge on any atom is 0.167 e. The van der Waals surface area contributed by atoms with Gasteiger partial charge in [-0.05, 0) is 28.5 Å². The molecule has 0 aliphatic heterocycles. The van der Waals surface area contributed by atoms with Crippen LogP contribution in [0.1, 0.15) is 21.5 Å². The number of Topliss-reactive ketones (excluding diaryl/α,β-unsaturated/α-hetero) is 1. The summed E-state index contributed by atoms with van der Waals surface area (Å²) >= 11 is 0. The van der Waals surface area contributed by atoms with E-state index in [0.29, 0.717) is 11.1 Å². The summed E-state index contributed by atoms with van der Waals surface area (Å²) in [6, 6.07) is 19.4. The van der Waals surface area contributed by atoms with Crippen LogP contribution in [0.4, 0.5) is 4.39 Å². The molecule has 3 heteroatoms. The second-order valence-corrected chi connectivity index (χ2v) is 5.05. The van der Waals surface area contributed by atoms with Gasteiger partial charge in [-0.3, -0.25) is 4.79 Å². The number of carbonyl (C=O) groups is 1. The van der Waals surface area contributed by atoms with E-state index < -0.39 is 5.82 Å². The summed E-state index contributed by atoms with van der Waals surface area (Å²) in [5.74, 6) is -0.723. The van der Waals surface area contributed by atoms with E-state index in [4.69, 9.17) is 5.26 Å². The third kappa shape index (κ3) is 2.59. The minimum Gasteiger partial charge on any atom is -0.294 e. The molecule has 0 fully saturated rings. The molecule has 0 saturated heterocycles. The van der Waals surface area contributed by atoms with E-state index in [1.54, 1.807) is 12.1 Å². The molecule has 0 atom stereocenters. The Morgan fingerprint density at radius 3 is 2.55 bits per heavy atom. The van der Waals surface area contributed by atoms with Gasteiger partial charge in [0.25, 0.3) is 0 Å². The summed E-state index contributed by atoms with van der Waals surface area (Å²) in [6.07, 6.45) is 0.0129. The number of fused-ring (bicyclic) bond motifs is 1. The van der Waals surface area contributed by atoms with Gasteiger partial charge in [0.1, 0.15) is 11.9 Å². The number of hydrogen-bond donors (Lipinski definition) is 0. The van der Waals surface area contributed by atoms with Crippen molar-refractivity contribution < 1.29 is 9.18 Å². The zero-order valence-electron chi connectivity index (χ0n) is 11.7. The van der Waals surface area contributed by atoms with Crippen LogP contribution < -0.4 is 0 Å². The largest absolute Gasteiger partial charge is 0.294 e. The zero-order valence-corrected chi connectivity index (χ0v) is 11.7. The highest BCUT2D eigenvalue weighted by Gasteiger charge is 2.13. The van der Waals surface area contributed by atoms with Gasteiger partial charge in [-0.2, -0.15) is 5.26 Å². The molecule has 0 bridgehead atoms. The first kappa shape index (κ1) is 14.0. The van der Waals surface area contributed by atoms with Crippen LogP contribution in [-0.2, 0) is 6.42 Å². The third-order valence-corrected chi connectivity index (χ3v) is 3.63. The van der Waals surface area contributed by atoms with E-state index in [2.05, 4.69) is 0 Å². The maximum atomic E-state index is 13.6. The van der Waals surface area contributed by atoms with Gasteiger partial charge in [-0.25, -0.2) is 4.39 Å². The standard InChI is InChI=1S/C19H12FNO/c20-18-7-3-6-15(17(18)12-21)11-19(22)16-9-8-13-4-1-2-5-14(13)10-16/h1-10H,11H2. The Labute approximate surface area is 127 Å². The van der Waals surface area contributed by atoms with Gasteiger partial charge in [0.05, 0.1) is 5.56 Å². The molecule has 3 aromatic carbocycles. The molecular formula is C19H12FNO. The van der Waals surface area contributed by atoms with Crippen LogP contribution in [0.15, 0.2) is 60.7 Å². The quantitative estimate of drug-likeness (QED) is 0.675. The van der Waals surface area contributed by atoms with Crippen LogP contribution in [0.2, 0.25) is 0 Å². The van der Waals surface area contributed by atoms with Crippen molar-refractivity contribution in [2.45, 2.75) is 6.42 Å². The first-order valence-electron chi connectivity index (χ1n) is 6.88. The van der Waals surface area contributed by atoms with Crippen molar-refractivity contribution in [1.82, 2.24) is 0 Å². The van der Waals surface area contributed by atoms with E-state index in [1.807, 2.05) is 42.5 Å². The number of ketones is 1. The number of halogens is 1. The summed E-state index contributed by atoms with van der Waals surface area (Å²) in [4.78, 5) is 12.4. The van der Waals surface area contributed by atoms with Crippen LogP contribution in [-0.4, -0.2) is 5.78 Å². The molecule has 3 aromatic rings. The minimum atomic E-state index is -0.591. The number of hydrogen-bond acceptors (Lipinski definition) is 2. The van der Waals surface area contributed by atoms with E-state index in [9.17, 15) is 9.18 Å². The lowest BCUT2D eigenvalue weighted by atomic mass is 9.97. The summed E-state index contributed by atoms with van der Waals surface area (Å²) in [5.41, 5.74) is 0.921. The molecule has 0 radical (unpaired) electrons. The lowest BCUT2D eigenvalue weighted by Crippen LogP contribution is -2.06. The van der Waals surface area contributed by atoms with Gasteiger partial charge in [-0.15, -0.1) is 0 Å². The van der Waals surface area contributed by atoms with Crippen molar-refractivity contribution in [2.75, 3.05) is 0 Å². The first-order chi connectivity index (χ1) is 10.7. The van der Waals surface area contributed by atoms with Crippen LogP contribution in [0.25, 0.3) is 10.8 Å². The van der Waals surface area contributed by atoms with Crippen molar-refractivity contribution in [3.05, 3.63) is 83.2 Å². The van der Waals surface area contributed by atoms with E-state index in [1.165, 1.54) is 12.1 Å². The predicted octanol–water partition coefficient (Wildman–Crippen LogP) is 4.28. The molecule has 0 unspecified atom stereocenters. The summed E-state index contributed by atoms with van der Waals surface area (Å²) in [5, 5.41) is 11.1. The normalized spacial score (nSPS) is 10.4. The molecule has 0 spiro atoms. The summed E-state index contributed by atoms with van der Waals surface area (Å²) in [6.45, 7) is 0. The third-order valence-electron chi connectivity index (χ3n) is 3.63. The minimum absolute atomic E-state index is 0.0129. The lowest BCUT2D eigenvalue weighted by Gasteiger charge is -2.06. The average molecular weight is 289 g/mol. The van der Waals surface area contributed by atoms with Crippen molar-refractivity contribution >= 4 is 16.6 Å². The molecule has 2 nitrogen and oxygen atoms in total. The molecular weight excluding hydrogens is 277 g/mol. The van der Waals surface area contributed by atoms with Crippen molar-refractivity contribution in [2.24, 2.45) is 0 Å². The fraction of sp³-hybridized carbons (Fsp3) is 0.0526. The molecule has 0 N–H and O–H groups in total. The Kier molecular flexibility index (Phi) is 3.67. The number of nitriles is 1. The first-order valence-corrected chi connectivity index (χ1v) is 6.88. The van der Waals surface area contributed by atoms with Crippen LogP contribution in [0.3, 0.4) is 0 Å². The second-order valence-electron chi connectivity index (χ2n) is 5.05. The fourth-order valence-electron chi connectivity index (χ4n) is 2.48. The molecule has 0 aliphatic carbocycles. The van der Waals surface area contributed by atoms with Crippen molar-refractivity contribution in [3.8, 4) is 6.07 Å². The van der Waals surface area contributed by atoms with Crippen LogP contribution >= 0.6 is 0 Å². The molecule has 0 heterocycles. The Morgan fingerprint density at radius 2 is 1.77 bits per heavy atom. The Hall–Kier alpha value is -2.99. The topological polar surface area (TPSA) is 40.9 Å². The van der Waals surface area contributed by atoms with Gasteiger partial charge < -0.3 is 0 Å². The van der Waals surface area contributed by atoms with Gasteiger partial charge in [0.15, 0.2) is 5.78 Å². The molecule has 0 aliphatic rings. The van der Waals surface area contributed by atoms with Gasteiger partial charge in [0.2, 0.25) is 0 Å². The van der Waals surface area contributed by atoms with Crippen LogP contribution in [0.5, 0.6) is 0 Å². The van der Waals surface area contributed by atoms with Crippen molar-refractivity contribution in [3.63, 3.8) is 0 Å². The average Bonchev–Trinajstić information content (AvgIpc) is 2.54. The van der Waals surface area contributed by atoms with E-state index >= 15 is 0 Å². The zero-order chi connectivity index (χ0) is 15.5. The molecule has 0 aromatic heterocycles. The monoisotopic (exact) mass is 289 g/mol. The Balaban J connectivity index is 1.94. The van der Waals surface area contributed by atoms with Gasteiger partial charge in [-0.1, -0.05) is 48.5 Å². The molecule has 0 saturated carbocycles. The van der Waals surface area contributed by atoms with E-state index in [0.717, 1.165) is 10.8 Å². The second kappa shape index (κ2) is 5.79. The maximum absolute atomic E-state index is 13.6.